The lowest BCUT2D eigenvalue weighted by Gasteiger charge is -2.06. The molecular weight excluding hydrogens is 302 g/mol. The minimum absolute atomic E-state index is 0.0246. The van der Waals surface area contributed by atoms with E-state index in [0.29, 0.717) is 11.3 Å². The topological polar surface area (TPSA) is 78.2 Å². The summed E-state index contributed by atoms with van der Waals surface area (Å²) in [5.74, 6) is 0.489. The second-order valence-corrected chi connectivity index (χ2v) is 4.41. The number of aromatic nitrogens is 2. The molecule has 0 N–H and O–H groups in total. The highest BCUT2D eigenvalue weighted by Gasteiger charge is 2.10. The summed E-state index contributed by atoms with van der Waals surface area (Å²) >= 11 is 3.22. The average Bonchev–Trinajstić information content (AvgIpc) is 2.34. The first-order valence-corrected chi connectivity index (χ1v) is 5.76. The fourth-order valence-electron chi connectivity index (χ4n) is 1.31. The van der Waals surface area contributed by atoms with Crippen molar-refractivity contribution in [2.75, 3.05) is 0 Å². The molecule has 0 unspecified atom stereocenters. The van der Waals surface area contributed by atoms with Gasteiger partial charge < -0.3 is 4.74 Å². The molecule has 1 aromatic carbocycles. The Balaban J connectivity index is 2.24. The Labute approximate surface area is 111 Å². The largest absolute Gasteiger partial charge is 0.424 e. The van der Waals surface area contributed by atoms with E-state index in [2.05, 4.69) is 25.9 Å². The minimum atomic E-state index is -0.451. The lowest BCUT2D eigenvalue weighted by molar-refractivity contribution is -0.384. The summed E-state index contributed by atoms with van der Waals surface area (Å²) in [6.45, 7) is 1.72. The maximum Gasteiger partial charge on any atom is 0.321 e. The van der Waals surface area contributed by atoms with Gasteiger partial charge in [0.1, 0.15) is 5.75 Å². The van der Waals surface area contributed by atoms with Gasteiger partial charge in [0.25, 0.3) is 5.69 Å². The number of hydrogen-bond donors (Lipinski definition) is 0. The Kier molecular flexibility index (Phi) is 3.52. The third-order valence-corrected chi connectivity index (χ3v) is 2.58. The van der Waals surface area contributed by atoms with Gasteiger partial charge >= 0.3 is 6.01 Å². The molecule has 92 valence electrons. The molecule has 0 radical (unpaired) electrons. The van der Waals surface area contributed by atoms with E-state index >= 15 is 0 Å². The molecule has 0 amide bonds. The molecule has 0 spiro atoms. The zero-order valence-corrected chi connectivity index (χ0v) is 10.9. The number of nitrogens with zero attached hydrogens (tertiary/aromatic N) is 3. The highest BCUT2D eigenvalue weighted by atomic mass is 79.9. The van der Waals surface area contributed by atoms with Gasteiger partial charge in [0.05, 0.1) is 9.40 Å². The Hall–Kier alpha value is -2.02. The third kappa shape index (κ3) is 2.80. The fourth-order valence-corrected chi connectivity index (χ4v) is 1.52. The summed E-state index contributed by atoms with van der Waals surface area (Å²) in [7, 11) is 0. The van der Waals surface area contributed by atoms with Crippen LogP contribution < -0.4 is 4.74 Å². The first-order chi connectivity index (χ1) is 8.56. The van der Waals surface area contributed by atoms with Crippen LogP contribution in [0.2, 0.25) is 0 Å². The van der Waals surface area contributed by atoms with Crippen molar-refractivity contribution in [1.82, 2.24) is 9.97 Å². The van der Waals surface area contributed by atoms with Crippen LogP contribution in [0.15, 0.2) is 35.1 Å². The van der Waals surface area contributed by atoms with Crippen LogP contribution >= 0.6 is 15.9 Å². The number of hydrogen-bond acceptors (Lipinski definition) is 5. The van der Waals surface area contributed by atoms with Gasteiger partial charge in [-0.1, -0.05) is 0 Å². The molecule has 6 nitrogen and oxygen atoms in total. The first-order valence-electron chi connectivity index (χ1n) is 4.96. The monoisotopic (exact) mass is 309 g/mol. The van der Waals surface area contributed by atoms with Gasteiger partial charge in [-0.05, 0) is 34.5 Å². The van der Waals surface area contributed by atoms with Gasteiger partial charge in [0.15, 0.2) is 0 Å². The molecule has 0 aliphatic rings. The Morgan fingerprint density at radius 3 is 2.56 bits per heavy atom. The van der Waals surface area contributed by atoms with Crippen molar-refractivity contribution >= 4 is 21.6 Å². The molecular formula is C11H8BrN3O3. The van der Waals surface area contributed by atoms with Gasteiger partial charge in [0.2, 0.25) is 0 Å². The molecule has 0 bridgehead atoms. The number of ether oxygens (including phenoxy) is 1. The Morgan fingerprint density at radius 2 is 2.00 bits per heavy atom. The zero-order chi connectivity index (χ0) is 13.1. The number of halogens is 1. The van der Waals surface area contributed by atoms with Crippen LogP contribution in [-0.4, -0.2) is 14.9 Å². The average molecular weight is 310 g/mol. The van der Waals surface area contributed by atoms with Gasteiger partial charge in [-0.3, -0.25) is 10.1 Å². The summed E-state index contributed by atoms with van der Waals surface area (Å²) in [6.07, 6.45) is 3.12. The van der Waals surface area contributed by atoms with Gasteiger partial charge in [-0.25, -0.2) is 9.97 Å². The van der Waals surface area contributed by atoms with Crippen molar-refractivity contribution in [2.45, 2.75) is 6.92 Å². The second-order valence-electron chi connectivity index (χ2n) is 3.49. The Morgan fingerprint density at radius 1 is 1.33 bits per heavy atom. The van der Waals surface area contributed by atoms with E-state index < -0.39 is 4.92 Å². The minimum Gasteiger partial charge on any atom is -0.424 e. The van der Waals surface area contributed by atoms with Gasteiger partial charge in [-0.2, -0.15) is 0 Å². The van der Waals surface area contributed by atoms with E-state index in [4.69, 9.17) is 4.74 Å². The molecule has 7 heteroatoms. The summed E-state index contributed by atoms with van der Waals surface area (Å²) < 4.78 is 6.18. The molecule has 18 heavy (non-hydrogen) atoms. The molecule has 0 fully saturated rings. The molecule has 2 rings (SSSR count). The van der Waals surface area contributed by atoms with E-state index in [0.717, 1.165) is 4.47 Å². The highest BCUT2D eigenvalue weighted by Crippen LogP contribution is 2.26. The van der Waals surface area contributed by atoms with Crippen LogP contribution in [-0.2, 0) is 0 Å². The first kappa shape index (κ1) is 12.4. The normalized spacial score (nSPS) is 10.1. The predicted molar refractivity (Wildman–Crippen MR) is 67.6 cm³/mol. The van der Waals surface area contributed by atoms with E-state index in [1.165, 1.54) is 18.2 Å². The van der Waals surface area contributed by atoms with Crippen LogP contribution in [0.25, 0.3) is 0 Å². The number of non-ortho nitro benzene ring substituents is 1. The van der Waals surface area contributed by atoms with Crippen molar-refractivity contribution in [3.05, 3.63) is 50.7 Å². The molecule has 0 saturated heterocycles. The SMILES string of the molecule is Cc1cc([N+](=O)[O-])ccc1Oc1ncc(Br)cn1. The number of rotatable bonds is 3. The van der Waals surface area contributed by atoms with Crippen molar-refractivity contribution in [1.29, 1.82) is 0 Å². The van der Waals surface area contributed by atoms with Gasteiger partial charge in [-0.15, -0.1) is 0 Å². The third-order valence-electron chi connectivity index (χ3n) is 2.17. The van der Waals surface area contributed by atoms with E-state index in [-0.39, 0.29) is 11.7 Å². The number of benzene rings is 1. The molecule has 1 heterocycles. The van der Waals surface area contributed by atoms with Crippen LogP contribution in [0.4, 0.5) is 5.69 Å². The fraction of sp³-hybridized carbons (Fsp3) is 0.0909. The molecule has 0 saturated carbocycles. The standard InChI is InChI=1S/C11H8BrN3O3/c1-7-4-9(15(16)17)2-3-10(7)18-11-13-5-8(12)6-14-11/h2-6H,1H3. The quantitative estimate of drug-likeness (QED) is 0.642. The number of nitro benzene ring substituents is 1. The second kappa shape index (κ2) is 5.09. The summed E-state index contributed by atoms with van der Waals surface area (Å²) in [4.78, 5) is 18.1. The van der Waals surface area contributed by atoms with E-state index in [1.54, 1.807) is 19.3 Å². The lowest BCUT2D eigenvalue weighted by atomic mass is 10.2. The zero-order valence-electron chi connectivity index (χ0n) is 9.33. The van der Waals surface area contributed by atoms with Crippen LogP contribution in [0.1, 0.15) is 5.56 Å². The lowest BCUT2D eigenvalue weighted by Crippen LogP contribution is -1.94. The van der Waals surface area contributed by atoms with Crippen LogP contribution in [0.5, 0.6) is 11.8 Å². The van der Waals surface area contributed by atoms with Crippen molar-refractivity contribution < 1.29 is 9.66 Å². The van der Waals surface area contributed by atoms with Crippen LogP contribution in [0, 0.1) is 17.0 Å². The molecule has 0 aliphatic heterocycles. The van der Waals surface area contributed by atoms with Crippen molar-refractivity contribution in [3.63, 3.8) is 0 Å². The van der Waals surface area contributed by atoms with E-state index in [1.807, 2.05) is 0 Å². The predicted octanol–water partition coefficient (Wildman–Crippen LogP) is 3.25. The smallest absolute Gasteiger partial charge is 0.321 e. The number of nitro groups is 1. The van der Waals surface area contributed by atoms with Crippen molar-refractivity contribution in [3.8, 4) is 11.8 Å². The van der Waals surface area contributed by atoms with Crippen molar-refractivity contribution in [2.24, 2.45) is 0 Å². The summed E-state index contributed by atoms with van der Waals surface area (Å²) in [6, 6.07) is 4.53. The maximum absolute atomic E-state index is 10.6. The summed E-state index contributed by atoms with van der Waals surface area (Å²) in [5.41, 5.74) is 0.673. The summed E-state index contributed by atoms with van der Waals surface area (Å²) in [5, 5.41) is 10.6. The molecule has 0 aliphatic carbocycles. The molecule has 1 aromatic heterocycles. The maximum atomic E-state index is 10.6. The highest BCUT2D eigenvalue weighted by molar-refractivity contribution is 9.10. The Bertz CT molecular complexity index is 587. The van der Waals surface area contributed by atoms with Crippen LogP contribution in [0.3, 0.4) is 0 Å². The molecule has 0 atom stereocenters. The number of aryl methyl sites for hydroxylation is 1. The van der Waals surface area contributed by atoms with E-state index in [9.17, 15) is 10.1 Å². The van der Waals surface area contributed by atoms with Gasteiger partial charge in [0, 0.05) is 24.5 Å². The molecule has 2 aromatic rings.